The number of nitrogens with zero attached hydrogens (tertiary/aromatic N) is 1. The Morgan fingerprint density at radius 1 is 0.955 bits per heavy atom. The van der Waals surface area contributed by atoms with Crippen LogP contribution in [-0.4, -0.2) is 77.6 Å². The summed E-state index contributed by atoms with van der Waals surface area (Å²) in [6.07, 6.45) is 1.61. The third-order valence-electron chi connectivity index (χ3n) is 2.95. The van der Waals surface area contributed by atoms with Gasteiger partial charge in [-0.05, 0) is 6.92 Å². The van der Waals surface area contributed by atoms with E-state index < -0.39 is 0 Å². The van der Waals surface area contributed by atoms with Gasteiger partial charge < -0.3 is 32.7 Å². The summed E-state index contributed by atoms with van der Waals surface area (Å²) in [6.45, 7) is 10.4. The third-order valence-corrected chi connectivity index (χ3v) is 2.95. The van der Waals surface area contributed by atoms with Crippen LogP contribution in [0.1, 0.15) is 6.92 Å². The topological polar surface area (TPSA) is 130 Å². The predicted molar refractivity (Wildman–Crippen MR) is 92.3 cm³/mol. The van der Waals surface area contributed by atoms with E-state index in [2.05, 4.69) is 26.3 Å². The van der Waals surface area contributed by atoms with E-state index in [1.54, 1.807) is 13.1 Å². The van der Waals surface area contributed by atoms with Crippen molar-refractivity contribution in [2.24, 2.45) is 22.4 Å². The first-order valence-corrected chi connectivity index (χ1v) is 8.00. The molecule has 22 heavy (non-hydrogen) atoms. The molecule has 0 radical (unpaired) electrons. The first-order valence-electron chi connectivity index (χ1n) is 8.00. The van der Waals surface area contributed by atoms with Gasteiger partial charge in [0.1, 0.15) is 0 Å². The molecule has 0 aliphatic carbocycles. The Bertz CT molecular complexity index is 286. The fourth-order valence-electron chi connectivity index (χ4n) is 1.58. The van der Waals surface area contributed by atoms with E-state index in [4.69, 9.17) is 11.5 Å². The summed E-state index contributed by atoms with van der Waals surface area (Å²) in [4.78, 5) is 14.9. The van der Waals surface area contributed by atoms with Gasteiger partial charge in [-0.3, -0.25) is 9.79 Å². The molecule has 1 amide bonds. The van der Waals surface area contributed by atoms with Gasteiger partial charge in [0, 0.05) is 65.1 Å². The molecule has 0 aliphatic rings. The van der Waals surface area contributed by atoms with Gasteiger partial charge in [0.05, 0.1) is 12.5 Å². The fraction of sp³-hybridized carbons (Fsp3) is 0.857. The highest BCUT2D eigenvalue weighted by Crippen LogP contribution is 1.86. The van der Waals surface area contributed by atoms with E-state index in [0.29, 0.717) is 13.1 Å². The average Bonchev–Trinajstić information content (AvgIpc) is 2.50. The summed E-state index contributed by atoms with van der Waals surface area (Å²) in [7, 11) is 0. The van der Waals surface area contributed by atoms with Crippen molar-refractivity contribution in [2.75, 3.05) is 65.4 Å². The first kappa shape index (κ1) is 20.9. The van der Waals surface area contributed by atoms with Gasteiger partial charge in [-0.25, -0.2) is 0 Å². The molecule has 130 valence electrons. The normalized spacial score (nSPS) is 12.8. The molecule has 0 aliphatic heterocycles. The second-order valence-electron chi connectivity index (χ2n) is 5.03. The van der Waals surface area contributed by atoms with Crippen LogP contribution >= 0.6 is 0 Å². The lowest BCUT2D eigenvalue weighted by atomic mass is 10.2. The summed E-state index contributed by atoms with van der Waals surface area (Å²) < 4.78 is 0. The van der Waals surface area contributed by atoms with E-state index in [0.717, 1.165) is 52.4 Å². The Labute approximate surface area is 133 Å². The van der Waals surface area contributed by atoms with E-state index in [9.17, 15) is 4.79 Å². The molecule has 0 aromatic heterocycles. The smallest absolute Gasteiger partial charge is 0.225 e. The number of nitrogens with two attached hydrogens (primary N) is 2. The van der Waals surface area contributed by atoms with Crippen molar-refractivity contribution in [3.63, 3.8) is 0 Å². The van der Waals surface area contributed by atoms with E-state index in [1.165, 1.54) is 0 Å². The summed E-state index contributed by atoms with van der Waals surface area (Å²) in [5, 5.41) is 13.2. The summed E-state index contributed by atoms with van der Waals surface area (Å²) in [5.41, 5.74) is 10.5. The molecule has 8 heteroatoms. The molecule has 0 saturated heterocycles. The van der Waals surface area contributed by atoms with Crippen molar-refractivity contribution in [1.29, 1.82) is 0 Å². The molecular weight excluding hydrogens is 282 g/mol. The number of carbonyl (C=O) groups is 1. The first-order chi connectivity index (χ1) is 10.7. The fourth-order valence-corrected chi connectivity index (χ4v) is 1.58. The Morgan fingerprint density at radius 3 is 1.86 bits per heavy atom. The third kappa shape index (κ3) is 15.3. The highest BCUT2D eigenvalue weighted by atomic mass is 16.1. The van der Waals surface area contributed by atoms with Gasteiger partial charge in [-0.2, -0.15) is 0 Å². The van der Waals surface area contributed by atoms with Crippen LogP contribution in [0.2, 0.25) is 0 Å². The van der Waals surface area contributed by atoms with Crippen molar-refractivity contribution in [1.82, 2.24) is 21.3 Å². The van der Waals surface area contributed by atoms with Gasteiger partial charge in [0.2, 0.25) is 5.91 Å². The second-order valence-corrected chi connectivity index (χ2v) is 5.03. The molecular formula is C14H33N7O. The molecule has 0 saturated carbocycles. The molecule has 0 aromatic rings. The zero-order chi connectivity index (χ0) is 16.5. The lowest BCUT2D eigenvalue weighted by Crippen LogP contribution is -2.36. The minimum absolute atomic E-state index is 0.292. The van der Waals surface area contributed by atoms with Crippen LogP contribution in [0.3, 0.4) is 0 Å². The van der Waals surface area contributed by atoms with Crippen molar-refractivity contribution in [3.8, 4) is 0 Å². The maximum Gasteiger partial charge on any atom is 0.225 e. The van der Waals surface area contributed by atoms with E-state index >= 15 is 0 Å². The zero-order valence-electron chi connectivity index (χ0n) is 13.7. The number of aliphatic imine (C=N–C) groups is 1. The molecule has 0 spiro atoms. The highest BCUT2D eigenvalue weighted by Gasteiger charge is 2.02. The van der Waals surface area contributed by atoms with Crippen LogP contribution in [0.4, 0.5) is 0 Å². The maximum atomic E-state index is 10.8. The molecule has 0 heterocycles. The number of hydrogen-bond donors (Lipinski definition) is 6. The summed E-state index contributed by atoms with van der Waals surface area (Å²) >= 11 is 0. The predicted octanol–water partition coefficient (Wildman–Crippen LogP) is -2.50. The highest BCUT2D eigenvalue weighted by molar-refractivity contribution is 5.91. The molecule has 1 atom stereocenters. The number of rotatable bonds is 16. The van der Waals surface area contributed by atoms with Crippen LogP contribution in [0.5, 0.6) is 0 Å². The molecule has 0 rings (SSSR count). The van der Waals surface area contributed by atoms with Crippen molar-refractivity contribution >= 4 is 12.1 Å². The molecule has 0 bridgehead atoms. The number of nitrogens with one attached hydrogen (secondary N) is 4. The second kappa shape index (κ2) is 16.3. The average molecular weight is 315 g/mol. The van der Waals surface area contributed by atoms with Gasteiger partial charge in [0.15, 0.2) is 0 Å². The summed E-state index contributed by atoms with van der Waals surface area (Å²) in [6, 6.07) is 0. The van der Waals surface area contributed by atoms with Gasteiger partial charge >= 0.3 is 0 Å². The largest absolute Gasteiger partial charge is 0.369 e. The Morgan fingerprint density at radius 2 is 1.41 bits per heavy atom. The minimum atomic E-state index is -0.343. The van der Waals surface area contributed by atoms with Crippen LogP contribution in [0.25, 0.3) is 0 Å². The van der Waals surface area contributed by atoms with Crippen LogP contribution in [0.15, 0.2) is 4.99 Å². The Kier molecular flexibility index (Phi) is 15.5. The number of hydrogen-bond acceptors (Lipinski definition) is 7. The maximum absolute atomic E-state index is 10.8. The molecule has 0 fully saturated rings. The minimum Gasteiger partial charge on any atom is -0.369 e. The SMILES string of the molecule is CC(C=NCCNCCNCCNCCNCCN)C(N)=O. The molecule has 8 N–H and O–H groups in total. The lowest BCUT2D eigenvalue weighted by Gasteiger charge is -2.07. The standard InChI is InChI=1S/C14H33N7O/c1-13(14(16)22)12-21-11-10-20-9-8-19-7-6-18-5-4-17-3-2-15/h12-13,17-20H,2-11,15H2,1H3,(H2,16,22). The molecule has 1 unspecified atom stereocenters. The summed E-state index contributed by atoms with van der Waals surface area (Å²) in [5.74, 6) is -0.635. The lowest BCUT2D eigenvalue weighted by molar-refractivity contribution is -0.119. The quantitative estimate of drug-likeness (QED) is 0.138. The van der Waals surface area contributed by atoms with Gasteiger partial charge in [-0.1, -0.05) is 0 Å². The van der Waals surface area contributed by atoms with Crippen molar-refractivity contribution < 1.29 is 4.79 Å². The van der Waals surface area contributed by atoms with Crippen LogP contribution < -0.4 is 32.7 Å². The van der Waals surface area contributed by atoms with Gasteiger partial charge in [0.25, 0.3) is 0 Å². The van der Waals surface area contributed by atoms with Gasteiger partial charge in [-0.15, -0.1) is 0 Å². The van der Waals surface area contributed by atoms with Crippen LogP contribution in [-0.2, 0) is 4.79 Å². The number of carbonyl (C=O) groups excluding carboxylic acids is 1. The Balaban J connectivity index is 3.13. The Hall–Kier alpha value is -1.06. The number of amides is 1. The van der Waals surface area contributed by atoms with Crippen molar-refractivity contribution in [2.45, 2.75) is 6.92 Å². The zero-order valence-corrected chi connectivity index (χ0v) is 13.7. The van der Waals surface area contributed by atoms with Crippen molar-refractivity contribution in [3.05, 3.63) is 0 Å². The van der Waals surface area contributed by atoms with E-state index in [-0.39, 0.29) is 11.8 Å². The number of primary amides is 1. The molecule has 0 aromatic carbocycles. The molecule has 8 nitrogen and oxygen atoms in total. The van der Waals surface area contributed by atoms with Crippen LogP contribution in [0, 0.1) is 5.92 Å². The monoisotopic (exact) mass is 315 g/mol. The van der Waals surface area contributed by atoms with E-state index in [1.807, 2.05) is 0 Å².